The number of thiol groups is 1. The molecule has 20 heavy (non-hydrogen) atoms. The van der Waals surface area contributed by atoms with Crippen molar-refractivity contribution >= 4 is 37.6 Å². The van der Waals surface area contributed by atoms with Gasteiger partial charge < -0.3 is 9.42 Å². The van der Waals surface area contributed by atoms with Crippen molar-refractivity contribution in [2.45, 2.75) is 59.5 Å². The van der Waals surface area contributed by atoms with E-state index >= 15 is 0 Å². The highest BCUT2D eigenvalue weighted by Gasteiger charge is 2.31. The van der Waals surface area contributed by atoms with Crippen molar-refractivity contribution in [1.82, 2.24) is 0 Å². The van der Waals surface area contributed by atoms with E-state index in [1.807, 2.05) is 6.92 Å². The van der Waals surface area contributed by atoms with Gasteiger partial charge in [-0.25, -0.2) is 8.88 Å². The van der Waals surface area contributed by atoms with Gasteiger partial charge in [-0.3, -0.25) is 4.52 Å². The molecule has 9 heteroatoms. The molecule has 1 N–H and O–H groups in total. The number of unbranched alkanes of at least 4 members (excludes halogenated alkanes) is 1. The molecule has 3 atom stereocenters. The van der Waals surface area contributed by atoms with Gasteiger partial charge in [0.2, 0.25) is 0 Å². The van der Waals surface area contributed by atoms with E-state index < -0.39 is 13.5 Å². The summed E-state index contributed by atoms with van der Waals surface area (Å²) in [5, 5.41) is 0. The van der Waals surface area contributed by atoms with Crippen LogP contribution < -0.4 is 0 Å². The molecule has 0 heterocycles. The van der Waals surface area contributed by atoms with Gasteiger partial charge in [-0.2, -0.15) is 0 Å². The van der Waals surface area contributed by atoms with Crippen molar-refractivity contribution in [3.8, 4) is 0 Å². The van der Waals surface area contributed by atoms with Crippen LogP contribution in [0.25, 0.3) is 0 Å². The van der Waals surface area contributed by atoms with E-state index in [1.54, 1.807) is 13.8 Å². The Bertz CT molecular complexity index is 365. The predicted molar refractivity (Wildman–Crippen MR) is 89.7 cm³/mol. The highest BCUT2D eigenvalue weighted by atomic mass is 32.9. The van der Waals surface area contributed by atoms with E-state index in [-0.39, 0.29) is 18.6 Å². The van der Waals surface area contributed by atoms with Gasteiger partial charge in [-0.05, 0) is 38.0 Å². The van der Waals surface area contributed by atoms with Crippen LogP contribution in [0.5, 0.6) is 0 Å². The molecule has 0 aromatic carbocycles. The van der Waals surface area contributed by atoms with E-state index in [0.717, 1.165) is 25.7 Å². The van der Waals surface area contributed by atoms with Crippen molar-refractivity contribution in [1.29, 1.82) is 0 Å². The van der Waals surface area contributed by atoms with Crippen LogP contribution in [0.4, 0.5) is 0 Å². The topological polar surface area (TPSA) is 65.0 Å². The standard InChI is InChI=1S/C11H26O5P2S2/c1-5-7-8-11(6-2)9-14-17(12,13)16-18(19,20)15-10(3)4/h10-11H,5-9H2,1-4H3,(H,12,13)(H,19,20). The van der Waals surface area contributed by atoms with E-state index in [0.29, 0.717) is 0 Å². The first-order valence-electron chi connectivity index (χ1n) is 6.81. The molecule has 0 bridgehead atoms. The minimum Gasteiger partial charge on any atom is -0.319 e. The maximum Gasteiger partial charge on any atom is 0.478 e. The largest absolute Gasteiger partial charge is 0.478 e. The average molecular weight is 364 g/mol. The molecule has 122 valence electrons. The Morgan fingerprint density at radius 2 is 1.95 bits per heavy atom. The maximum absolute atomic E-state index is 11.8. The van der Waals surface area contributed by atoms with Crippen LogP contribution in [0.15, 0.2) is 0 Å². The molecular weight excluding hydrogens is 338 g/mol. The van der Waals surface area contributed by atoms with Crippen molar-refractivity contribution < 1.29 is 22.8 Å². The molecule has 5 nitrogen and oxygen atoms in total. The fourth-order valence-electron chi connectivity index (χ4n) is 1.54. The highest BCUT2D eigenvalue weighted by molar-refractivity contribution is 8.60. The van der Waals surface area contributed by atoms with Gasteiger partial charge >= 0.3 is 7.82 Å². The number of rotatable bonds is 11. The Balaban J connectivity index is 4.37. The molecule has 0 saturated heterocycles. The number of phosphoric acid groups is 1. The lowest BCUT2D eigenvalue weighted by Crippen LogP contribution is -2.08. The Kier molecular flexibility index (Phi) is 10.5. The summed E-state index contributed by atoms with van der Waals surface area (Å²) < 4.78 is 27.0. The quantitative estimate of drug-likeness (QED) is 0.401. The third kappa shape index (κ3) is 10.7. The zero-order valence-electron chi connectivity index (χ0n) is 12.5. The van der Waals surface area contributed by atoms with Crippen molar-refractivity contribution in [2.24, 2.45) is 5.92 Å². The third-order valence-corrected chi connectivity index (χ3v) is 7.18. The first-order valence-corrected chi connectivity index (χ1v) is 12.1. The molecule has 0 saturated carbocycles. The third-order valence-electron chi connectivity index (χ3n) is 2.57. The lowest BCUT2D eigenvalue weighted by atomic mass is 10.0. The van der Waals surface area contributed by atoms with Gasteiger partial charge in [0.15, 0.2) is 0 Å². The summed E-state index contributed by atoms with van der Waals surface area (Å²) in [6.45, 7) is 7.81. The van der Waals surface area contributed by atoms with Gasteiger partial charge in [0.05, 0.1) is 12.7 Å². The van der Waals surface area contributed by atoms with E-state index in [4.69, 9.17) is 25.2 Å². The molecule has 0 rings (SSSR count). The van der Waals surface area contributed by atoms with E-state index in [2.05, 4.69) is 19.2 Å². The van der Waals surface area contributed by atoms with Crippen molar-refractivity contribution in [2.75, 3.05) is 6.61 Å². The smallest absolute Gasteiger partial charge is 0.319 e. The lowest BCUT2D eigenvalue weighted by Gasteiger charge is -2.22. The zero-order chi connectivity index (χ0) is 15.8. The van der Waals surface area contributed by atoms with Crippen LogP contribution in [-0.4, -0.2) is 17.6 Å². The summed E-state index contributed by atoms with van der Waals surface area (Å²) in [5.41, 5.74) is -3.07. The van der Waals surface area contributed by atoms with Gasteiger partial charge in [-0.1, -0.05) is 45.4 Å². The van der Waals surface area contributed by atoms with Crippen LogP contribution in [0.1, 0.15) is 53.4 Å². The molecule has 0 spiro atoms. The fourth-order valence-corrected chi connectivity index (χ4v) is 6.53. The minimum atomic E-state index is -4.23. The molecule has 0 aromatic rings. The first-order chi connectivity index (χ1) is 9.12. The van der Waals surface area contributed by atoms with Gasteiger partial charge in [0.25, 0.3) is 5.69 Å². The Hall–Kier alpha value is 1.07. The predicted octanol–water partition coefficient (Wildman–Crippen LogP) is 4.92. The number of phosphoric ester groups is 1. The van der Waals surface area contributed by atoms with Crippen LogP contribution in [0, 0.1) is 5.92 Å². The zero-order valence-corrected chi connectivity index (χ0v) is 16.0. The van der Waals surface area contributed by atoms with Crippen LogP contribution >= 0.6 is 25.8 Å². The van der Waals surface area contributed by atoms with Crippen LogP contribution in [0.2, 0.25) is 0 Å². The second-order valence-electron chi connectivity index (χ2n) is 4.89. The summed E-state index contributed by atoms with van der Waals surface area (Å²) in [7, 11) is -4.23. The highest BCUT2D eigenvalue weighted by Crippen LogP contribution is 2.66. The van der Waals surface area contributed by atoms with Gasteiger partial charge in [0, 0.05) is 0 Å². The Labute approximate surface area is 132 Å². The maximum atomic E-state index is 11.8. The monoisotopic (exact) mass is 364 g/mol. The van der Waals surface area contributed by atoms with E-state index in [9.17, 15) is 9.46 Å². The number of hydrogen-bond acceptors (Lipinski definition) is 5. The minimum absolute atomic E-state index is 0.176. The molecule has 3 unspecified atom stereocenters. The Morgan fingerprint density at radius 3 is 2.40 bits per heavy atom. The summed E-state index contributed by atoms with van der Waals surface area (Å²) in [4.78, 5) is 9.68. The van der Waals surface area contributed by atoms with Crippen LogP contribution in [-0.2, 0) is 29.7 Å². The van der Waals surface area contributed by atoms with Crippen molar-refractivity contribution in [3.63, 3.8) is 0 Å². The second-order valence-corrected chi connectivity index (χ2v) is 11.7. The molecular formula is C11H26O5P2S2. The molecule has 0 aromatic heterocycles. The summed E-state index contributed by atoms with van der Waals surface area (Å²) in [6.07, 6.45) is 3.77. The summed E-state index contributed by atoms with van der Waals surface area (Å²) in [6, 6.07) is 0. The molecule has 0 fully saturated rings. The Morgan fingerprint density at radius 1 is 1.35 bits per heavy atom. The SMILES string of the molecule is CCCCC(CC)COP(=O)(O)OP(=S)(S)OC(C)C. The van der Waals surface area contributed by atoms with Gasteiger partial charge in [-0.15, -0.1) is 0 Å². The fraction of sp³-hybridized carbons (Fsp3) is 1.00. The summed E-state index contributed by atoms with van der Waals surface area (Å²) in [5.74, 6) is 0.239. The number of hydrogen-bond donors (Lipinski definition) is 2. The van der Waals surface area contributed by atoms with Crippen LogP contribution in [0.3, 0.4) is 0 Å². The first kappa shape index (κ1) is 21.1. The molecule has 0 aliphatic heterocycles. The molecule has 0 aliphatic rings. The molecule has 0 radical (unpaired) electrons. The average Bonchev–Trinajstić information content (AvgIpc) is 2.25. The summed E-state index contributed by atoms with van der Waals surface area (Å²) >= 11 is 8.98. The van der Waals surface area contributed by atoms with E-state index in [1.165, 1.54) is 0 Å². The molecule has 0 aliphatic carbocycles. The lowest BCUT2D eigenvalue weighted by molar-refractivity contribution is 0.160. The van der Waals surface area contributed by atoms with Gasteiger partial charge in [0.1, 0.15) is 0 Å². The second kappa shape index (κ2) is 9.96. The van der Waals surface area contributed by atoms with Crippen molar-refractivity contribution in [3.05, 3.63) is 0 Å². The molecule has 0 amide bonds. The normalized spacial score (nSPS) is 19.6.